The third-order valence-corrected chi connectivity index (χ3v) is 6.53. The van der Waals surface area contributed by atoms with Gasteiger partial charge in [0.25, 0.3) is 0 Å². The van der Waals surface area contributed by atoms with Crippen molar-refractivity contribution in [2.75, 3.05) is 13.7 Å². The van der Waals surface area contributed by atoms with Gasteiger partial charge in [0.2, 0.25) is 10.0 Å². The van der Waals surface area contributed by atoms with Gasteiger partial charge in [-0.2, -0.15) is 4.31 Å². The van der Waals surface area contributed by atoms with Crippen molar-refractivity contribution in [2.45, 2.75) is 50.5 Å². The Hall–Kier alpha value is -1.86. The van der Waals surface area contributed by atoms with Crippen LogP contribution in [0.3, 0.4) is 0 Å². The molecule has 0 unspecified atom stereocenters. The van der Waals surface area contributed by atoms with E-state index < -0.39 is 10.0 Å². The Morgan fingerprint density at radius 1 is 1.20 bits per heavy atom. The van der Waals surface area contributed by atoms with Crippen molar-refractivity contribution in [2.24, 2.45) is 0 Å². The van der Waals surface area contributed by atoms with Crippen LogP contribution in [0.15, 0.2) is 33.7 Å². The van der Waals surface area contributed by atoms with Crippen molar-refractivity contribution in [1.29, 1.82) is 0 Å². The van der Waals surface area contributed by atoms with Crippen molar-refractivity contribution in [3.8, 4) is 5.75 Å². The number of ether oxygens (including phenoxy) is 1. The fraction of sp³-hybridized carbons (Fsp3) is 0.500. The Labute approximate surface area is 148 Å². The lowest BCUT2D eigenvalue weighted by molar-refractivity contribution is 0.303. The zero-order chi connectivity index (χ0) is 18.0. The number of hydrogen-bond acceptors (Lipinski definition) is 5. The van der Waals surface area contributed by atoms with E-state index in [-0.39, 0.29) is 10.9 Å². The normalized spacial score (nSPS) is 19.6. The summed E-state index contributed by atoms with van der Waals surface area (Å²) in [4.78, 5) is 0.210. The SMILES string of the molecule is COc1ccc(C)cc1S(=O)(=O)N1CCCCC[C@@H]1c1cc(C)on1. The number of hydrogen-bond donors (Lipinski definition) is 0. The molecule has 1 fully saturated rings. The molecule has 1 aliphatic heterocycles. The van der Waals surface area contributed by atoms with E-state index in [9.17, 15) is 8.42 Å². The van der Waals surface area contributed by atoms with Crippen molar-refractivity contribution >= 4 is 10.0 Å². The van der Waals surface area contributed by atoms with E-state index in [0.29, 0.717) is 23.7 Å². The fourth-order valence-electron chi connectivity index (χ4n) is 3.32. The molecule has 0 amide bonds. The quantitative estimate of drug-likeness (QED) is 0.829. The van der Waals surface area contributed by atoms with Crippen molar-refractivity contribution in [3.63, 3.8) is 0 Å². The molecule has 6 nitrogen and oxygen atoms in total. The van der Waals surface area contributed by atoms with Gasteiger partial charge >= 0.3 is 0 Å². The Morgan fingerprint density at radius 3 is 2.68 bits per heavy atom. The summed E-state index contributed by atoms with van der Waals surface area (Å²) in [5, 5.41) is 4.09. The number of aromatic nitrogens is 1. The average molecular weight is 364 g/mol. The van der Waals surface area contributed by atoms with E-state index in [1.165, 1.54) is 7.11 Å². The lowest BCUT2D eigenvalue weighted by Crippen LogP contribution is -2.35. The van der Waals surface area contributed by atoms with E-state index in [4.69, 9.17) is 9.26 Å². The lowest BCUT2D eigenvalue weighted by atomic mass is 10.1. The number of nitrogens with zero attached hydrogens (tertiary/aromatic N) is 2. The molecule has 136 valence electrons. The summed E-state index contributed by atoms with van der Waals surface area (Å²) < 4.78 is 39.0. The zero-order valence-electron chi connectivity index (χ0n) is 14.9. The van der Waals surface area contributed by atoms with Gasteiger partial charge in [0.05, 0.1) is 13.2 Å². The standard InChI is InChI=1S/C18H24N2O4S/c1-13-8-9-17(23-3)18(11-13)25(21,22)20-10-6-4-5-7-16(20)15-12-14(2)24-19-15/h8-9,11-12,16H,4-7,10H2,1-3H3/t16-/m1/s1. The van der Waals surface area contributed by atoms with Gasteiger partial charge in [-0.15, -0.1) is 0 Å². The van der Waals surface area contributed by atoms with E-state index in [1.807, 2.05) is 26.0 Å². The highest BCUT2D eigenvalue weighted by Gasteiger charge is 2.36. The van der Waals surface area contributed by atoms with E-state index in [2.05, 4.69) is 5.16 Å². The molecule has 0 bridgehead atoms. The van der Waals surface area contributed by atoms with Gasteiger partial charge in [0.1, 0.15) is 22.1 Å². The zero-order valence-corrected chi connectivity index (χ0v) is 15.7. The van der Waals surface area contributed by atoms with Crippen LogP contribution in [0.25, 0.3) is 0 Å². The molecule has 7 heteroatoms. The number of rotatable bonds is 4. The molecule has 0 aliphatic carbocycles. The van der Waals surface area contributed by atoms with Crippen LogP contribution < -0.4 is 4.74 Å². The summed E-state index contributed by atoms with van der Waals surface area (Å²) in [6.45, 7) is 4.16. The van der Waals surface area contributed by atoms with E-state index >= 15 is 0 Å². The molecule has 3 rings (SSSR count). The summed E-state index contributed by atoms with van der Waals surface area (Å²) in [5.41, 5.74) is 1.55. The number of aryl methyl sites for hydroxylation is 2. The number of sulfonamides is 1. The molecule has 1 atom stereocenters. The molecule has 0 N–H and O–H groups in total. The minimum atomic E-state index is -3.71. The molecule has 0 radical (unpaired) electrons. The van der Waals surface area contributed by atoms with Crippen LogP contribution in [-0.4, -0.2) is 31.5 Å². The molecule has 25 heavy (non-hydrogen) atoms. The van der Waals surface area contributed by atoms with E-state index in [0.717, 1.165) is 31.2 Å². The third kappa shape index (κ3) is 3.57. The first kappa shape index (κ1) is 17.9. The molecular weight excluding hydrogens is 340 g/mol. The fourth-order valence-corrected chi connectivity index (χ4v) is 5.23. The van der Waals surface area contributed by atoms with Crippen molar-refractivity contribution in [1.82, 2.24) is 9.46 Å². The minimum Gasteiger partial charge on any atom is -0.495 e. The molecule has 1 aromatic heterocycles. The first-order chi connectivity index (χ1) is 11.9. The first-order valence-corrected chi connectivity index (χ1v) is 9.97. The van der Waals surface area contributed by atoms with Gasteiger partial charge in [-0.25, -0.2) is 8.42 Å². The van der Waals surface area contributed by atoms with Gasteiger partial charge in [-0.3, -0.25) is 0 Å². The monoisotopic (exact) mass is 364 g/mol. The Bertz CT molecular complexity index is 845. The molecule has 2 aromatic rings. The second-order valence-electron chi connectivity index (χ2n) is 6.50. The van der Waals surface area contributed by atoms with Gasteiger partial charge < -0.3 is 9.26 Å². The molecule has 0 saturated carbocycles. The first-order valence-electron chi connectivity index (χ1n) is 8.53. The second-order valence-corrected chi connectivity index (χ2v) is 8.36. The van der Waals surface area contributed by atoms with Gasteiger partial charge in [0.15, 0.2) is 0 Å². The lowest BCUT2D eigenvalue weighted by Gasteiger charge is -2.28. The largest absolute Gasteiger partial charge is 0.495 e. The average Bonchev–Trinajstić information content (AvgIpc) is 2.86. The molecular formula is C18H24N2O4S. The highest BCUT2D eigenvalue weighted by molar-refractivity contribution is 7.89. The highest BCUT2D eigenvalue weighted by Crippen LogP contribution is 2.37. The maximum Gasteiger partial charge on any atom is 0.247 e. The van der Waals surface area contributed by atoms with Crippen LogP contribution in [0, 0.1) is 13.8 Å². The van der Waals surface area contributed by atoms with Crippen LogP contribution in [-0.2, 0) is 10.0 Å². The molecule has 1 saturated heterocycles. The maximum absolute atomic E-state index is 13.5. The van der Waals surface area contributed by atoms with Crippen LogP contribution >= 0.6 is 0 Å². The van der Waals surface area contributed by atoms with Crippen LogP contribution in [0.5, 0.6) is 5.75 Å². The summed E-state index contributed by atoms with van der Waals surface area (Å²) in [7, 11) is -2.22. The predicted molar refractivity (Wildman–Crippen MR) is 94.1 cm³/mol. The second kappa shape index (κ2) is 7.17. The molecule has 1 aromatic carbocycles. The van der Waals surface area contributed by atoms with Crippen LogP contribution in [0.2, 0.25) is 0 Å². The summed E-state index contributed by atoms with van der Waals surface area (Å²) in [6.07, 6.45) is 3.54. The molecule has 0 spiro atoms. The van der Waals surface area contributed by atoms with E-state index in [1.54, 1.807) is 16.4 Å². The Balaban J connectivity index is 2.08. The minimum absolute atomic E-state index is 0.210. The predicted octanol–water partition coefficient (Wildman–Crippen LogP) is 3.61. The summed E-state index contributed by atoms with van der Waals surface area (Å²) in [5.74, 6) is 1.05. The summed E-state index contributed by atoms with van der Waals surface area (Å²) >= 11 is 0. The molecule has 2 heterocycles. The van der Waals surface area contributed by atoms with Gasteiger partial charge in [-0.1, -0.05) is 24.1 Å². The van der Waals surface area contributed by atoms with Crippen molar-refractivity contribution in [3.05, 3.63) is 41.3 Å². The number of benzene rings is 1. The summed E-state index contributed by atoms with van der Waals surface area (Å²) in [6, 6.07) is 6.74. The van der Waals surface area contributed by atoms with Gasteiger partial charge in [0, 0.05) is 12.6 Å². The maximum atomic E-state index is 13.5. The molecule has 1 aliphatic rings. The highest BCUT2D eigenvalue weighted by atomic mass is 32.2. The van der Waals surface area contributed by atoms with Crippen LogP contribution in [0.4, 0.5) is 0 Å². The Kier molecular flexibility index (Phi) is 5.15. The topological polar surface area (TPSA) is 72.6 Å². The Morgan fingerprint density at radius 2 is 2.00 bits per heavy atom. The third-order valence-electron chi connectivity index (χ3n) is 4.60. The van der Waals surface area contributed by atoms with Crippen LogP contribution in [0.1, 0.15) is 48.7 Å². The smallest absolute Gasteiger partial charge is 0.247 e. The number of methoxy groups -OCH3 is 1. The van der Waals surface area contributed by atoms with Crippen molar-refractivity contribution < 1.29 is 17.7 Å². The van der Waals surface area contributed by atoms with Gasteiger partial charge in [-0.05, 0) is 44.4 Å².